The van der Waals surface area contributed by atoms with E-state index in [0.29, 0.717) is 0 Å². The van der Waals surface area contributed by atoms with Gasteiger partial charge < -0.3 is 0 Å². The summed E-state index contributed by atoms with van der Waals surface area (Å²) >= 11 is 1.29. The fraction of sp³-hybridized carbons (Fsp3) is 0.478. The minimum Gasteiger partial charge on any atom is -0.173 e. The number of aryl methyl sites for hydroxylation is 1. The molecule has 1 saturated carbocycles. The number of unbranched alkanes of at least 4 members (excludes halogenated alkanes) is 1. The first kappa shape index (κ1) is 17.7. The average molecular weight is 365 g/mol. The van der Waals surface area contributed by atoms with Gasteiger partial charge in [0.05, 0.1) is 11.7 Å². The van der Waals surface area contributed by atoms with Crippen molar-refractivity contribution in [3.8, 4) is 11.1 Å². The Bertz CT molecular complexity index is 875. The van der Waals surface area contributed by atoms with Crippen molar-refractivity contribution in [2.24, 2.45) is 5.92 Å². The third kappa shape index (κ3) is 3.68. The molecular weight excluding hydrogens is 336 g/mol. The number of nitrogens with zero attached hydrogens (tertiary/aromatic N) is 2. The molecule has 1 aromatic heterocycles. The Morgan fingerprint density at radius 1 is 0.962 bits per heavy atom. The van der Waals surface area contributed by atoms with E-state index in [9.17, 15) is 0 Å². The van der Waals surface area contributed by atoms with Crippen LogP contribution in [0.3, 0.4) is 0 Å². The molecule has 136 valence electrons. The number of benzene rings is 2. The van der Waals surface area contributed by atoms with E-state index in [1.54, 1.807) is 0 Å². The SMILES string of the molecule is CCCCC1CCC(c2ccc(-c3ccc4nsnc4c3)c(C)c2)CC1. The van der Waals surface area contributed by atoms with Gasteiger partial charge in [-0.05, 0) is 78.8 Å². The molecule has 4 rings (SSSR count). The van der Waals surface area contributed by atoms with Gasteiger partial charge in [0.15, 0.2) is 0 Å². The standard InChI is InChI=1S/C23H28N2S/c1-3-4-5-17-6-8-18(9-7-17)19-10-12-21(16(2)14-19)20-11-13-22-23(15-20)25-26-24-22/h10-15,17-18H,3-9H2,1-2H3. The van der Waals surface area contributed by atoms with Crippen LogP contribution in [-0.4, -0.2) is 8.75 Å². The lowest BCUT2D eigenvalue weighted by Crippen LogP contribution is -2.13. The maximum atomic E-state index is 4.38. The summed E-state index contributed by atoms with van der Waals surface area (Å²) in [6.45, 7) is 4.55. The van der Waals surface area contributed by atoms with Crippen molar-refractivity contribution in [3.05, 3.63) is 47.5 Å². The lowest BCUT2D eigenvalue weighted by atomic mass is 9.76. The summed E-state index contributed by atoms with van der Waals surface area (Å²) < 4.78 is 8.69. The third-order valence-electron chi connectivity index (χ3n) is 6.10. The number of aromatic nitrogens is 2. The van der Waals surface area contributed by atoms with Crippen LogP contribution in [0.15, 0.2) is 36.4 Å². The first-order valence-corrected chi connectivity index (χ1v) is 10.8. The van der Waals surface area contributed by atoms with Gasteiger partial charge in [-0.2, -0.15) is 8.75 Å². The molecule has 3 heteroatoms. The zero-order valence-electron chi connectivity index (χ0n) is 15.9. The van der Waals surface area contributed by atoms with Crippen molar-refractivity contribution in [2.75, 3.05) is 0 Å². The largest absolute Gasteiger partial charge is 0.173 e. The number of hydrogen-bond acceptors (Lipinski definition) is 3. The Morgan fingerprint density at radius 3 is 2.54 bits per heavy atom. The highest BCUT2D eigenvalue weighted by Gasteiger charge is 2.22. The van der Waals surface area contributed by atoms with Crippen LogP contribution in [0.25, 0.3) is 22.2 Å². The molecular formula is C23H28N2S. The maximum Gasteiger partial charge on any atom is 0.105 e. The predicted molar refractivity (Wildman–Crippen MR) is 112 cm³/mol. The molecule has 0 atom stereocenters. The van der Waals surface area contributed by atoms with Gasteiger partial charge in [0, 0.05) is 0 Å². The molecule has 0 saturated heterocycles. The van der Waals surface area contributed by atoms with E-state index in [2.05, 4.69) is 59.0 Å². The molecule has 1 heterocycles. The minimum absolute atomic E-state index is 0.755. The highest BCUT2D eigenvalue weighted by atomic mass is 32.1. The molecule has 0 N–H and O–H groups in total. The zero-order chi connectivity index (χ0) is 17.9. The molecule has 0 aliphatic heterocycles. The van der Waals surface area contributed by atoms with E-state index >= 15 is 0 Å². The Balaban J connectivity index is 1.49. The summed E-state index contributed by atoms with van der Waals surface area (Å²) in [7, 11) is 0. The first-order chi connectivity index (χ1) is 12.7. The average Bonchev–Trinajstić information content (AvgIpc) is 3.14. The summed E-state index contributed by atoms with van der Waals surface area (Å²) in [6, 6.07) is 13.5. The van der Waals surface area contributed by atoms with Gasteiger partial charge >= 0.3 is 0 Å². The lowest BCUT2D eigenvalue weighted by molar-refractivity contribution is 0.304. The molecule has 0 amide bonds. The van der Waals surface area contributed by atoms with Crippen LogP contribution in [0.1, 0.15) is 68.9 Å². The fourth-order valence-electron chi connectivity index (χ4n) is 4.49. The molecule has 1 aliphatic carbocycles. The van der Waals surface area contributed by atoms with Gasteiger partial charge in [-0.15, -0.1) is 0 Å². The van der Waals surface area contributed by atoms with Crippen molar-refractivity contribution in [1.82, 2.24) is 8.75 Å². The smallest absolute Gasteiger partial charge is 0.105 e. The van der Waals surface area contributed by atoms with Crippen LogP contribution < -0.4 is 0 Å². The van der Waals surface area contributed by atoms with Crippen molar-refractivity contribution in [2.45, 2.75) is 64.7 Å². The Labute approximate surface area is 161 Å². The second-order valence-electron chi connectivity index (χ2n) is 7.90. The Morgan fingerprint density at radius 2 is 1.77 bits per heavy atom. The van der Waals surface area contributed by atoms with Gasteiger partial charge in [0.25, 0.3) is 0 Å². The van der Waals surface area contributed by atoms with E-state index in [1.165, 1.54) is 78.9 Å². The van der Waals surface area contributed by atoms with Gasteiger partial charge in [0.1, 0.15) is 11.0 Å². The van der Waals surface area contributed by atoms with Gasteiger partial charge in [-0.3, -0.25) is 0 Å². The second kappa shape index (κ2) is 7.87. The topological polar surface area (TPSA) is 25.8 Å². The molecule has 2 nitrogen and oxygen atoms in total. The van der Waals surface area contributed by atoms with Crippen LogP contribution in [0.4, 0.5) is 0 Å². The molecule has 0 unspecified atom stereocenters. The summed E-state index contributed by atoms with van der Waals surface area (Å²) in [5.74, 6) is 1.73. The van der Waals surface area contributed by atoms with Gasteiger partial charge in [-0.25, -0.2) is 0 Å². The van der Waals surface area contributed by atoms with Crippen LogP contribution >= 0.6 is 11.7 Å². The lowest BCUT2D eigenvalue weighted by Gasteiger charge is -2.29. The van der Waals surface area contributed by atoms with E-state index in [0.717, 1.165) is 22.9 Å². The fourth-order valence-corrected chi connectivity index (χ4v) is 5.01. The van der Waals surface area contributed by atoms with Crippen molar-refractivity contribution < 1.29 is 0 Å². The molecule has 1 aliphatic rings. The van der Waals surface area contributed by atoms with Crippen LogP contribution in [0, 0.1) is 12.8 Å². The van der Waals surface area contributed by atoms with E-state index in [1.807, 2.05) is 0 Å². The molecule has 0 spiro atoms. The van der Waals surface area contributed by atoms with Crippen molar-refractivity contribution in [1.29, 1.82) is 0 Å². The second-order valence-corrected chi connectivity index (χ2v) is 8.43. The summed E-state index contributed by atoms with van der Waals surface area (Å²) in [4.78, 5) is 0. The zero-order valence-corrected chi connectivity index (χ0v) is 16.7. The molecule has 2 aromatic carbocycles. The summed E-state index contributed by atoms with van der Waals surface area (Å²) in [6.07, 6.45) is 9.74. The van der Waals surface area contributed by atoms with Crippen LogP contribution in [0.5, 0.6) is 0 Å². The molecule has 0 bridgehead atoms. The number of rotatable bonds is 5. The third-order valence-corrected chi connectivity index (χ3v) is 6.66. The summed E-state index contributed by atoms with van der Waals surface area (Å²) in [5.41, 5.74) is 7.47. The molecule has 0 radical (unpaired) electrons. The maximum absolute atomic E-state index is 4.38. The number of hydrogen-bond donors (Lipinski definition) is 0. The minimum atomic E-state index is 0.755. The molecule has 3 aromatic rings. The Kier molecular flexibility index (Phi) is 5.35. The normalized spacial score (nSPS) is 20.5. The quantitative estimate of drug-likeness (QED) is 0.481. The summed E-state index contributed by atoms with van der Waals surface area (Å²) in [5, 5.41) is 0. The van der Waals surface area contributed by atoms with Gasteiger partial charge in [-0.1, -0.05) is 50.5 Å². The van der Waals surface area contributed by atoms with E-state index in [-0.39, 0.29) is 0 Å². The van der Waals surface area contributed by atoms with Crippen LogP contribution in [0.2, 0.25) is 0 Å². The Hall–Kier alpha value is -1.74. The van der Waals surface area contributed by atoms with E-state index < -0.39 is 0 Å². The highest BCUT2D eigenvalue weighted by Crippen LogP contribution is 2.39. The van der Waals surface area contributed by atoms with Crippen molar-refractivity contribution >= 4 is 22.8 Å². The van der Waals surface area contributed by atoms with Gasteiger partial charge in [0.2, 0.25) is 0 Å². The molecule has 26 heavy (non-hydrogen) atoms. The van der Waals surface area contributed by atoms with Crippen molar-refractivity contribution in [3.63, 3.8) is 0 Å². The predicted octanol–water partition coefficient (Wildman–Crippen LogP) is 7.13. The van der Waals surface area contributed by atoms with E-state index in [4.69, 9.17) is 0 Å². The first-order valence-electron chi connectivity index (χ1n) is 10.1. The molecule has 1 fully saturated rings. The highest BCUT2D eigenvalue weighted by molar-refractivity contribution is 7.00. The number of fused-ring (bicyclic) bond motifs is 1. The van der Waals surface area contributed by atoms with Crippen LogP contribution in [-0.2, 0) is 0 Å². The monoisotopic (exact) mass is 364 g/mol.